The van der Waals surface area contributed by atoms with Crippen LogP contribution in [0.25, 0.3) is 0 Å². The van der Waals surface area contributed by atoms with Crippen LogP contribution in [0.15, 0.2) is 23.6 Å². The van der Waals surface area contributed by atoms with E-state index in [1.165, 1.54) is 11.3 Å². The second-order valence-corrected chi connectivity index (χ2v) is 5.52. The summed E-state index contributed by atoms with van der Waals surface area (Å²) in [4.78, 5) is 4.25. The molecule has 0 amide bonds. The fraction of sp³-hybridized carbons (Fsp3) is 0.250. The van der Waals surface area contributed by atoms with Gasteiger partial charge in [0.15, 0.2) is 0 Å². The molecule has 1 unspecified atom stereocenters. The van der Waals surface area contributed by atoms with E-state index in [9.17, 15) is 5.11 Å². The Balaban J connectivity index is 2.15. The van der Waals surface area contributed by atoms with Crippen molar-refractivity contribution in [2.75, 3.05) is 0 Å². The molecule has 17 heavy (non-hydrogen) atoms. The fourth-order valence-corrected chi connectivity index (χ4v) is 2.77. The lowest BCUT2D eigenvalue weighted by Gasteiger charge is -2.09. The lowest BCUT2D eigenvalue weighted by atomic mass is 10.1. The van der Waals surface area contributed by atoms with E-state index in [-0.39, 0.29) is 0 Å². The average Bonchev–Trinajstić information content (AvgIpc) is 2.69. The van der Waals surface area contributed by atoms with Crippen molar-refractivity contribution in [3.8, 4) is 0 Å². The number of aryl methyl sites for hydroxylation is 1. The van der Waals surface area contributed by atoms with Gasteiger partial charge in [-0.2, -0.15) is 0 Å². The maximum absolute atomic E-state index is 10.0. The maximum atomic E-state index is 10.0. The van der Waals surface area contributed by atoms with Gasteiger partial charge in [0.25, 0.3) is 0 Å². The molecule has 0 saturated heterocycles. The Kier molecular flexibility index (Phi) is 4.05. The summed E-state index contributed by atoms with van der Waals surface area (Å²) in [6, 6.07) is 5.27. The summed E-state index contributed by atoms with van der Waals surface area (Å²) in [5, 5.41) is 13.8. The van der Waals surface area contributed by atoms with Gasteiger partial charge in [-0.05, 0) is 24.6 Å². The normalized spacial score (nSPS) is 12.7. The zero-order chi connectivity index (χ0) is 12.4. The molecule has 0 saturated carbocycles. The topological polar surface area (TPSA) is 33.1 Å². The smallest absolute Gasteiger partial charge is 0.122 e. The monoisotopic (exact) mass is 287 g/mol. The molecular formula is C12H11Cl2NOS. The number of benzene rings is 1. The van der Waals surface area contributed by atoms with Crippen molar-refractivity contribution in [1.29, 1.82) is 0 Å². The van der Waals surface area contributed by atoms with Crippen LogP contribution in [0.1, 0.15) is 22.4 Å². The van der Waals surface area contributed by atoms with Crippen molar-refractivity contribution in [3.63, 3.8) is 0 Å². The van der Waals surface area contributed by atoms with E-state index in [4.69, 9.17) is 23.2 Å². The van der Waals surface area contributed by atoms with Gasteiger partial charge in [-0.3, -0.25) is 0 Å². The standard InChI is InChI=1S/C12H11Cl2NOS/c1-7-6-17-12(15-7)11(16)4-8-2-3-9(13)5-10(8)14/h2-3,5-6,11,16H,4H2,1H3. The molecule has 0 aliphatic rings. The van der Waals surface area contributed by atoms with Crippen LogP contribution in [0.3, 0.4) is 0 Å². The molecule has 90 valence electrons. The third-order valence-corrected chi connectivity index (χ3v) is 4.00. The summed E-state index contributed by atoms with van der Waals surface area (Å²) < 4.78 is 0. The lowest BCUT2D eigenvalue weighted by molar-refractivity contribution is 0.178. The Morgan fingerprint density at radius 1 is 1.41 bits per heavy atom. The first-order chi connectivity index (χ1) is 8.06. The van der Waals surface area contributed by atoms with E-state index in [0.717, 1.165) is 11.3 Å². The number of hydrogen-bond acceptors (Lipinski definition) is 3. The van der Waals surface area contributed by atoms with Gasteiger partial charge in [0.2, 0.25) is 0 Å². The van der Waals surface area contributed by atoms with Crippen LogP contribution in [-0.2, 0) is 6.42 Å². The molecule has 2 aromatic rings. The van der Waals surface area contributed by atoms with Gasteiger partial charge >= 0.3 is 0 Å². The minimum atomic E-state index is -0.618. The van der Waals surface area contributed by atoms with Gasteiger partial charge in [-0.25, -0.2) is 4.98 Å². The van der Waals surface area contributed by atoms with Crippen LogP contribution < -0.4 is 0 Å². The molecule has 1 N–H and O–H groups in total. The van der Waals surface area contributed by atoms with Crippen LogP contribution in [0, 0.1) is 6.92 Å². The van der Waals surface area contributed by atoms with Crippen molar-refractivity contribution in [2.45, 2.75) is 19.4 Å². The second-order valence-electron chi connectivity index (χ2n) is 3.78. The van der Waals surface area contributed by atoms with Gasteiger partial charge < -0.3 is 5.11 Å². The van der Waals surface area contributed by atoms with Crippen LogP contribution in [-0.4, -0.2) is 10.1 Å². The third kappa shape index (κ3) is 3.19. The second kappa shape index (κ2) is 5.36. The minimum absolute atomic E-state index is 0.447. The summed E-state index contributed by atoms with van der Waals surface area (Å²) in [6.45, 7) is 1.90. The molecule has 0 bridgehead atoms. The predicted molar refractivity (Wildman–Crippen MR) is 72.0 cm³/mol. The van der Waals surface area contributed by atoms with Crippen LogP contribution in [0.4, 0.5) is 0 Å². The molecule has 2 nitrogen and oxygen atoms in total. The SMILES string of the molecule is Cc1csc(C(O)Cc2ccc(Cl)cc2Cl)n1. The first-order valence-corrected chi connectivity index (χ1v) is 6.74. The largest absolute Gasteiger partial charge is 0.386 e. The molecule has 0 spiro atoms. The van der Waals surface area contributed by atoms with Gasteiger partial charge in [0, 0.05) is 27.5 Å². The molecule has 1 heterocycles. The number of aliphatic hydroxyl groups excluding tert-OH is 1. The predicted octanol–water partition coefficient (Wildman–Crippen LogP) is 4.03. The first kappa shape index (κ1) is 12.8. The van der Waals surface area contributed by atoms with Crippen LogP contribution in [0.2, 0.25) is 10.0 Å². The lowest BCUT2D eigenvalue weighted by Crippen LogP contribution is -2.02. The zero-order valence-electron chi connectivity index (χ0n) is 9.15. The number of nitrogens with zero attached hydrogens (tertiary/aromatic N) is 1. The van der Waals surface area contributed by atoms with Gasteiger partial charge in [0.1, 0.15) is 11.1 Å². The molecule has 2 rings (SSSR count). The van der Waals surface area contributed by atoms with Crippen LogP contribution >= 0.6 is 34.5 Å². The highest BCUT2D eigenvalue weighted by Gasteiger charge is 2.14. The van der Waals surface area contributed by atoms with E-state index in [0.29, 0.717) is 21.5 Å². The average molecular weight is 288 g/mol. The van der Waals surface area contributed by atoms with E-state index in [2.05, 4.69) is 4.98 Å². The molecule has 0 aliphatic carbocycles. The molecule has 1 aromatic carbocycles. The minimum Gasteiger partial charge on any atom is -0.386 e. The Morgan fingerprint density at radius 2 is 2.18 bits per heavy atom. The Morgan fingerprint density at radius 3 is 2.76 bits per heavy atom. The fourth-order valence-electron chi connectivity index (χ4n) is 1.51. The Bertz CT molecular complexity index is 527. The molecule has 1 atom stereocenters. The van der Waals surface area contributed by atoms with Crippen molar-refractivity contribution < 1.29 is 5.11 Å². The van der Waals surface area contributed by atoms with Crippen molar-refractivity contribution >= 4 is 34.5 Å². The van der Waals surface area contributed by atoms with Crippen molar-refractivity contribution in [1.82, 2.24) is 4.98 Å². The van der Waals surface area contributed by atoms with E-state index < -0.39 is 6.10 Å². The van der Waals surface area contributed by atoms with E-state index in [1.807, 2.05) is 18.4 Å². The number of aliphatic hydroxyl groups is 1. The number of aromatic nitrogens is 1. The highest BCUT2D eigenvalue weighted by atomic mass is 35.5. The van der Waals surface area contributed by atoms with Crippen LogP contribution in [0.5, 0.6) is 0 Å². The maximum Gasteiger partial charge on any atom is 0.122 e. The van der Waals surface area contributed by atoms with Crippen molar-refractivity contribution in [2.24, 2.45) is 0 Å². The van der Waals surface area contributed by atoms with Gasteiger partial charge in [0.05, 0.1) is 0 Å². The highest BCUT2D eigenvalue weighted by Crippen LogP contribution is 2.27. The number of thiazole rings is 1. The summed E-state index contributed by atoms with van der Waals surface area (Å²) in [5.41, 5.74) is 1.79. The van der Waals surface area contributed by atoms with Gasteiger partial charge in [-0.15, -0.1) is 11.3 Å². The molecule has 0 fully saturated rings. The zero-order valence-corrected chi connectivity index (χ0v) is 11.5. The van der Waals surface area contributed by atoms with E-state index >= 15 is 0 Å². The van der Waals surface area contributed by atoms with Crippen molar-refractivity contribution in [3.05, 3.63) is 49.9 Å². The summed E-state index contributed by atoms with van der Waals surface area (Å²) in [6.07, 6.45) is -0.171. The summed E-state index contributed by atoms with van der Waals surface area (Å²) in [7, 11) is 0. The number of halogens is 2. The highest BCUT2D eigenvalue weighted by molar-refractivity contribution is 7.09. The molecule has 0 aliphatic heterocycles. The summed E-state index contributed by atoms with van der Waals surface area (Å²) in [5.74, 6) is 0. The Labute approximate surface area is 114 Å². The first-order valence-electron chi connectivity index (χ1n) is 5.10. The number of rotatable bonds is 3. The Hall–Kier alpha value is -0.610. The summed E-state index contributed by atoms with van der Waals surface area (Å²) >= 11 is 13.3. The third-order valence-electron chi connectivity index (χ3n) is 2.35. The molecular weight excluding hydrogens is 277 g/mol. The van der Waals surface area contributed by atoms with E-state index in [1.54, 1.807) is 12.1 Å². The quantitative estimate of drug-likeness (QED) is 0.924. The number of hydrogen-bond donors (Lipinski definition) is 1. The van der Waals surface area contributed by atoms with Gasteiger partial charge in [-0.1, -0.05) is 29.3 Å². The molecule has 5 heteroatoms. The molecule has 0 radical (unpaired) electrons. The molecule has 1 aromatic heterocycles.